The molecule has 8 nitrogen and oxygen atoms in total. The molecular weight excluding hydrogens is 446 g/mol. The lowest BCUT2D eigenvalue weighted by Gasteiger charge is -2.24. The first kappa shape index (κ1) is 21.5. The molecule has 2 heterocycles. The molecule has 3 rings (SSSR count). The fourth-order valence-corrected chi connectivity index (χ4v) is 3.71. The molecular formula is C17H17Cl2FN4O4S. The second-order valence-electron chi connectivity index (χ2n) is 6.47. The number of benzene rings is 1. The normalized spacial score (nSPS) is 16.7. The Morgan fingerprint density at radius 2 is 2.03 bits per heavy atom. The van der Waals surface area contributed by atoms with Crippen molar-refractivity contribution in [3.63, 3.8) is 0 Å². The van der Waals surface area contributed by atoms with E-state index in [0.717, 1.165) is 37.8 Å². The summed E-state index contributed by atoms with van der Waals surface area (Å²) >= 11 is 11.9. The maximum atomic E-state index is 14.3. The van der Waals surface area contributed by atoms with Crippen LogP contribution in [0, 0.1) is 5.82 Å². The van der Waals surface area contributed by atoms with Crippen molar-refractivity contribution in [1.29, 1.82) is 0 Å². The van der Waals surface area contributed by atoms with E-state index in [9.17, 15) is 17.6 Å². The van der Waals surface area contributed by atoms with Crippen LogP contribution in [0.15, 0.2) is 24.5 Å². The summed E-state index contributed by atoms with van der Waals surface area (Å²) in [5.41, 5.74) is -0.496. The molecule has 1 aliphatic heterocycles. The Morgan fingerprint density at radius 3 is 2.69 bits per heavy atom. The minimum Gasteiger partial charge on any atom is -0.490 e. The van der Waals surface area contributed by atoms with Crippen molar-refractivity contribution in [3.05, 3.63) is 46.0 Å². The highest BCUT2D eigenvalue weighted by Crippen LogP contribution is 2.30. The average Bonchev–Trinajstić information content (AvgIpc) is 3.09. The van der Waals surface area contributed by atoms with Crippen LogP contribution in [0.2, 0.25) is 10.0 Å². The summed E-state index contributed by atoms with van der Waals surface area (Å²) in [6.45, 7) is 0.933. The van der Waals surface area contributed by atoms with E-state index >= 15 is 0 Å². The molecule has 29 heavy (non-hydrogen) atoms. The van der Waals surface area contributed by atoms with Crippen molar-refractivity contribution in [2.24, 2.45) is 0 Å². The zero-order valence-corrected chi connectivity index (χ0v) is 17.6. The van der Waals surface area contributed by atoms with Gasteiger partial charge in [-0.25, -0.2) is 27.5 Å². The van der Waals surface area contributed by atoms with Gasteiger partial charge in [0.05, 0.1) is 40.3 Å². The van der Waals surface area contributed by atoms with Crippen molar-refractivity contribution in [2.45, 2.75) is 18.9 Å². The molecule has 1 aromatic carbocycles. The smallest absolute Gasteiger partial charge is 0.267 e. The van der Waals surface area contributed by atoms with Gasteiger partial charge in [-0.05, 0) is 18.9 Å². The number of ether oxygens (including phenoxy) is 1. The van der Waals surface area contributed by atoms with Crippen molar-refractivity contribution in [2.75, 3.05) is 24.3 Å². The number of carbonyl (C=O) groups excluding carboxylic acids is 1. The number of nitrogens with one attached hydrogen (secondary N) is 1. The molecule has 2 aromatic rings. The molecule has 0 unspecified atom stereocenters. The minimum absolute atomic E-state index is 0.0164. The standard InChI is InChI=1S/C17H17Cl2FN4O4S/c1-29(26,27)23-16(25)12-5-13(19)15(6-14(12)20)28-9-11-3-2-4-24(11)17-21-7-10(18)8-22-17/h5-8,11H,2-4,9H2,1H3,(H,23,25)/t11-/m1/s1. The third-order valence-electron chi connectivity index (χ3n) is 4.22. The minimum atomic E-state index is -3.83. The molecule has 1 aliphatic rings. The second-order valence-corrected chi connectivity index (χ2v) is 9.06. The van der Waals surface area contributed by atoms with E-state index in [0.29, 0.717) is 11.0 Å². The summed E-state index contributed by atoms with van der Waals surface area (Å²) < 4.78 is 44.0. The van der Waals surface area contributed by atoms with E-state index < -0.39 is 27.3 Å². The quantitative estimate of drug-likeness (QED) is 0.703. The molecule has 1 fully saturated rings. The molecule has 0 radical (unpaired) electrons. The number of halogens is 3. The number of anilines is 1. The van der Waals surface area contributed by atoms with Crippen LogP contribution in [0.4, 0.5) is 10.3 Å². The van der Waals surface area contributed by atoms with E-state index in [1.54, 1.807) is 4.72 Å². The number of hydrogen-bond acceptors (Lipinski definition) is 7. The lowest BCUT2D eigenvalue weighted by atomic mass is 10.2. The Bertz CT molecular complexity index is 1020. The molecule has 1 N–H and O–H groups in total. The molecule has 1 atom stereocenters. The summed E-state index contributed by atoms with van der Waals surface area (Å²) in [6.07, 6.45) is 5.53. The third kappa shape index (κ3) is 5.46. The fourth-order valence-electron chi connectivity index (χ4n) is 2.95. The van der Waals surface area contributed by atoms with Crippen LogP contribution in [0.25, 0.3) is 0 Å². The number of rotatable bonds is 6. The monoisotopic (exact) mass is 462 g/mol. The van der Waals surface area contributed by atoms with Gasteiger partial charge < -0.3 is 9.64 Å². The number of sulfonamides is 1. The first-order valence-electron chi connectivity index (χ1n) is 8.52. The number of aromatic nitrogens is 2. The third-order valence-corrected chi connectivity index (χ3v) is 5.26. The topological polar surface area (TPSA) is 101 Å². The number of nitrogens with zero attached hydrogens (tertiary/aromatic N) is 3. The summed E-state index contributed by atoms with van der Waals surface area (Å²) in [7, 11) is -3.83. The van der Waals surface area contributed by atoms with E-state index in [4.69, 9.17) is 27.9 Å². The van der Waals surface area contributed by atoms with Crippen LogP contribution in [0.5, 0.6) is 5.75 Å². The molecule has 0 aliphatic carbocycles. The van der Waals surface area contributed by atoms with Gasteiger partial charge in [0.1, 0.15) is 18.2 Å². The van der Waals surface area contributed by atoms with Crippen LogP contribution < -0.4 is 14.4 Å². The Hall–Kier alpha value is -2.17. The van der Waals surface area contributed by atoms with Crippen LogP contribution in [-0.4, -0.2) is 49.7 Å². The van der Waals surface area contributed by atoms with E-state index in [-0.39, 0.29) is 23.4 Å². The van der Waals surface area contributed by atoms with Crippen LogP contribution in [0.3, 0.4) is 0 Å². The Labute approximate surface area is 177 Å². The van der Waals surface area contributed by atoms with Crippen molar-refractivity contribution in [1.82, 2.24) is 14.7 Å². The number of carbonyl (C=O) groups is 1. The van der Waals surface area contributed by atoms with E-state index in [1.165, 1.54) is 12.4 Å². The summed E-state index contributed by atoms with van der Waals surface area (Å²) in [5, 5.41) is 0.417. The van der Waals surface area contributed by atoms with Gasteiger partial charge in [-0.3, -0.25) is 4.79 Å². The predicted octanol–water partition coefficient (Wildman–Crippen LogP) is 2.66. The van der Waals surface area contributed by atoms with Crippen LogP contribution >= 0.6 is 23.2 Å². The maximum Gasteiger partial charge on any atom is 0.267 e. The van der Waals surface area contributed by atoms with Gasteiger partial charge in [-0.15, -0.1) is 0 Å². The highest BCUT2D eigenvalue weighted by molar-refractivity contribution is 7.89. The first-order valence-corrected chi connectivity index (χ1v) is 11.2. The van der Waals surface area contributed by atoms with Gasteiger partial charge >= 0.3 is 0 Å². The fraction of sp³-hybridized carbons (Fsp3) is 0.353. The lowest BCUT2D eigenvalue weighted by molar-refractivity contribution is 0.0977. The predicted molar refractivity (Wildman–Crippen MR) is 107 cm³/mol. The van der Waals surface area contributed by atoms with E-state index in [1.807, 2.05) is 4.90 Å². The van der Waals surface area contributed by atoms with Crippen LogP contribution in [0.1, 0.15) is 23.2 Å². The van der Waals surface area contributed by atoms with Gasteiger partial charge in [0.15, 0.2) is 0 Å². The Morgan fingerprint density at radius 1 is 1.34 bits per heavy atom. The van der Waals surface area contributed by atoms with Gasteiger partial charge in [-0.1, -0.05) is 23.2 Å². The van der Waals surface area contributed by atoms with Gasteiger partial charge in [-0.2, -0.15) is 0 Å². The van der Waals surface area contributed by atoms with Crippen molar-refractivity contribution < 1.29 is 22.3 Å². The molecule has 156 valence electrons. The van der Waals surface area contributed by atoms with Gasteiger partial charge in [0.25, 0.3) is 5.91 Å². The average molecular weight is 463 g/mol. The Balaban J connectivity index is 1.71. The lowest BCUT2D eigenvalue weighted by Crippen LogP contribution is -2.35. The molecule has 1 saturated heterocycles. The molecule has 12 heteroatoms. The number of amides is 1. The summed E-state index contributed by atoms with van der Waals surface area (Å²) in [5.74, 6) is -1.50. The SMILES string of the molecule is CS(=O)(=O)NC(=O)c1cc(Cl)c(OC[C@H]2CCCN2c2ncc(Cl)cn2)cc1F. The summed E-state index contributed by atoms with van der Waals surface area (Å²) in [4.78, 5) is 22.3. The summed E-state index contributed by atoms with van der Waals surface area (Å²) in [6, 6.07) is 1.93. The van der Waals surface area contributed by atoms with Crippen molar-refractivity contribution in [3.8, 4) is 5.75 Å². The number of hydrogen-bond donors (Lipinski definition) is 1. The maximum absolute atomic E-state index is 14.3. The van der Waals surface area contributed by atoms with Crippen LogP contribution in [-0.2, 0) is 10.0 Å². The largest absolute Gasteiger partial charge is 0.490 e. The highest BCUT2D eigenvalue weighted by Gasteiger charge is 2.28. The van der Waals surface area contributed by atoms with Gasteiger partial charge in [0.2, 0.25) is 16.0 Å². The molecule has 1 amide bonds. The molecule has 1 aromatic heterocycles. The highest BCUT2D eigenvalue weighted by atomic mass is 35.5. The molecule has 0 bridgehead atoms. The first-order chi connectivity index (χ1) is 13.6. The molecule has 0 saturated carbocycles. The van der Waals surface area contributed by atoms with E-state index in [2.05, 4.69) is 9.97 Å². The second kappa shape index (κ2) is 8.68. The van der Waals surface area contributed by atoms with Gasteiger partial charge in [0, 0.05) is 12.6 Å². The zero-order chi connectivity index (χ0) is 21.2. The molecule has 0 spiro atoms. The van der Waals surface area contributed by atoms with Crippen molar-refractivity contribution >= 4 is 45.1 Å². The zero-order valence-electron chi connectivity index (χ0n) is 15.2. The Kier molecular flexibility index (Phi) is 6.45.